The van der Waals surface area contributed by atoms with E-state index in [1.807, 2.05) is 0 Å². The molecule has 0 amide bonds. The number of aromatic nitrogens is 2. The monoisotopic (exact) mass is 810 g/mol. The fourth-order valence-electron chi connectivity index (χ4n) is 11.4. The predicted molar refractivity (Wildman–Crippen MR) is 266 cm³/mol. The lowest BCUT2D eigenvalue weighted by atomic mass is 9.69. The van der Waals surface area contributed by atoms with Gasteiger partial charge in [-0.3, -0.25) is 0 Å². The van der Waals surface area contributed by atoms with Crippen LogP contribution in [0.15, 0.2) is 231 Å². The van der Waals surface area contributed by atoms with Crippen LogP contribution in [0.2, 0.25) is 0 Å². The van der Waals surface area contributed by atoms with E-state index in [2.05, 4.69) is 235 Å². The Hall–Kier alpha value is -8.33. The number of hydrogen-bond acceptors (Lipinski definition) is 1. The van der Waals surface area contributed by atoms with Crippen molar-refractivity contribution in [1.29, 1.82) is 0 Å². The molecule has 2 aliphatic rings. The molecular weight excluding hydrogens is 773 g/mol. The van der Waals surface area contributed by atoms with Crippen molar-refractivity contribution in [2.24, 2.45) is 0 Å². The minimum atomic E-state index is -0.496. The first-order valence-electron chi connectivity index (χ1n) is 22.2. The number of pyridine rings is 1. The second-order valence-corrected chi connectivity index (χ2v) is 17.4. The Morgan fingerprint density at radius 3 is 1.61 bits per heavy atom. The predicted octanol–water partition coefficient (Wildman–Crippen LogP) is 15.8. The first-order valence-corrected chi connectivity index (χ1v) is 22.2. The Labute approximate surface area is 371 Å². The molecule has 296 valence electrons. The van der Waals surface area contributed by atoms with Crippen LogP contribution in [0.4, 0.5) is 0 Å². The molecule has 0 aliphatic heterocycles. The van der Waals surface area contributed by atoms with E-state index in [0.717, 1.165) is 39.3 Å². The summed E-state index contributed by atoms with van der Waals surface area (Å²) >= 11 is 0. The quantitative estimate of drug-likeness (QED) is 0.173. The van der Waals surface area contributed by atoms with E-state index in [4.69, 9.17) is 4.98 Å². The maximum Gasteiger partial charge on any atom is 0.0731 e. The van der Waals surface area contributed by atoms with Crippen molar-refractivity contribution in [2.45, 2.75) is 5.41 Å². The highest BCUT2D eigenvalue weighted by Crippen LogP contribution is 2.64. The normalized spacial score (nSPS) is 14.6. The van der Waals surface area contributed by atoms with E-state index in [9.17, 15) is 0 Å². The van der Waals surface area contributed by atoms with Crippen LogP contribution < -0.4 is 0 Å². The molecule has 0 saturated heterocycles. The van der Waals surface area contributed by atoms with Crippen molar-refractivity contribution >= 4 is 43.4 Å². The van der Waals surface area contributed by atoms with Gasteiger partial charge in [0.05, 0.1) is 27.8 Å². The third-order valence-electron chi connectivity index (χ3n) is 14.2. The number of para-hydroxylation sites is 2. The Morgan fingerprint density at radius 2 is 0.859 bits per heavy atom. The van der Waals surface area contributed by atoms with E-state index in [-0.39, 0.29) is 0 Å². The summed E-state index contributed by atoms with van der Waals surface area (Å²) in [6.07, 6.45) is 0. The lowest BCUT2D eigenvalue weighted by Crippen LogP contribution is -2.26. The van der Waals surface area contributed by atoms with Crippen LogP contribution in [0.25, 0.3) is 105 Å². The number of rotatable bonds is 4. The second kappa shape index (κ2) is 13.3. The molecule has 0 N–H and O–H groups in total. The van der Waals surface area contributed by atoms with Gasteiger partial charge in [-0.05, 0) is 126 Å². The molecule has 64 heavy (non-hydrogen) atoms. The third-order valence-corrected chi connectivity index (χ3v) is 14.2. The van der Waals surface area contributed by atoms with E-state index < -0.39 is 5.41 Å². The molecule has 2 heteroatoms. The van der Waals surface area contributed by atoms with Crippen molar-refractivity contribution in [3.8, 4) is 61.6 Å². The van der Waals surface area contributed by atoms with Gasteiger partial charge in [-0.2, -0.15) is 0 Å². The highest BCUT2D eigenvalue weighted by Gasteiger charge is 2.52. The molecule has 12 aromatic rings. The van der Waals surface area contributed by atoms with Crippen LogP contribution >= 0.6 is 0 Å². The number of benzene rings is 10. The lowest BCUT2D eigenvalue weighted by Gasteiger charge is -2.31. The maximum absolute atomic E-state index is 5.63. The SMILES string of the molecule is c1cc(-c2cc(-c3ccc4ccccc4c3)cc(-c3ccc4c(c3)C3(c5ccccc5-4)c4ccccc4-c4ccc5ccccc5c43)n2)cc(-n2c3ccccc3c3ccccc32)c1. The number of nitrogens with zero attached hydrogens (tertiary/aromatic N) is 2. The molecule has 1 unspecified atom stereocenters. The van der Waals surface area contributed by atoms with Crippen LogP contribution in [0.3, 0.4) is 0 Å². The minimum Gasteiger partial charge on any atom is -0.309 e. The van der Waals surface area contributed by atoms with Crippen LogP contribution in [0.1, 0.15) is 22.3 Å². The fraction of sp³-hybridized carbons (Fsp3) is 0.0161. The Morgan fingerprint density at radius 1 is 0.312 bits per heavy atom. The van der Waals surface area contributed by atoms with Gasteiger partial charge in [-0.15, -0.1) is 0 Å². The Balaban J connectivity index is 1.01. The second-order valence-electron chi connectivity index (χ2n) is 17.4. The summed E-state index contributed by atoms with van der Waals surface area (Å²) in [6, 6.07) is 85.2. The van der Waals surface area contributed by atoms with Gasteiger partial charge < -0.3 is 4.57 Å². The summed E-state index contributed by atoms with van der Waals surface area (Å²) in [6.45, 7) is 0. The zero-order valence-electron chi connectivity index (χ0n) is 34.8. The lowest BCUT2D eigenvalue weighted by molar-refractivity contribution is 0.801. The summed E-state index contributed by atoms with van der Waals surface area (Å²) in [5.41, 5.74) is 19.9. The number of fused-ring (bicyclic) bond motifs is 16. The average Bonchev–Trinajstić information content (AvgIpc) is 3.98. The summed E-state index contributed by atoms with van der Waals surface area (Å²) in [5, 5.41) is 7.50. The molecular formula is C62H38N2. The molecule has 0 bridgehead atoms. The van der Waals surface area contributed by atoms with Crippen molar-refractivity contribution in [3.05, 3.63) is 253 Å². The average molecular weight is 811 g/mol. The Bertz CT molecular complexity index is 3860. The smallest absolute Gasteiger partial charge is 0.0731 e. The molecule has 2 aromatic heterocycles. The van der Waals surface area contributed by atoms with Crippen molar-refractivity contribution < 1.29 is 0 Å². The van der Waals surface area contributed by atoms with Gasteiger partial charge in [-0.25, -0.2) is 4.98 Å². The molecule has 1 spiro atoms. The van der Waals surface area contributed by atoms with Crippen LogP contribution in [0, 0.1) is 0 Å². The molecule has 2 nitrogen and oxygen atoms in total. The van der Waals surface area contributed by atoms with Crippen molar-refractivity contribution in [1.82, 2.24) is 9.55 Å². The van der Waals surface area contributed by atoms with E-state index in [1.54, 1.807) is 0 Å². The van der Waals surface area contributed by atoms with Crippen LogP contribution in [-0.2, 0) is 5.41 Å². The van der Waals surface area contributed by atoms with Crippen molar-refractivity contribution in [2.75, 3.05) is 0 Å². The third kappa shape index (κ3) is 4.88. The highest BCUT2D eigenvalue weighted by molar-refractivity contribution is 6.09. The van der Waals surface area contributed by atoms with Gasteiger partial charge in [0.15, 0.2) is 0 Å². The molecule has 2 aliphatic carbocycles. The van der Waals surface area contributed by atoms with Gasteiger partial charge in [0, 0.05) is 27.6 Å². The summed E-state index contributed by atoms with van der Waals surface area (Å²) in [7, 11) is 0. The molecule has 14 rings (SSSR count). The standard InChI is InChI=1S/C62H38N2/c1-2-16-41-34-42(29-28-39(41)14-1)45-37-57(43-17-13-18-46(35-43)64-59-26-11-7-22-51(59)52-23-8-12-27-60(52)64)63-58(38-45)44-31-32-50-48-20-5-9-24-54(48)62(56(50)36-44)55-25-10-6-21-49(55)53-33-30-40-15-3-4-19-47(40)61(53)62/h1-38H. The molecule has 1 atom stereocenters. The van der Waals surface area contributed by atoms with Gasteiger partial charge >= 0.3 is 0 Å². The minimum absolute atomic E-state index is 0.496. The molecule has 10 aromatic carbocycles. The van der Waals surface area contributed by atoms with Gasteiger partial charge in [-0.1, -0.05) is 182 Å². The summed E-state index contributed by atoms with van der Waals surface area (Å²) in [5.74, 6) is 0. The van der Waals surface area contributed by atoms with Crippen LogP contribution in [-0.4, -0.2) is 9.55 Å². The van der Waals surface area contributed by atoms with E-state index in [1.165, 1.54) is 87.9 Å². The van der Waals surface area contributed by atoms with Gasteiger partial charge in [0.1, 0.15) is 0 Å². The zero-order valence-corrected chi connectivity index (χ0v) is 34.8. The maximum atomic E-state index is 5.63. The molecule has 0 saturated carbocycles. The zero-order chi connectivity index (χ0) is 41.9. The molecule has 0 fully saturated rings. The topological polar surface area (TPSA) is 17.8 Å². The summed E-state index contributed by atoms with van der Waals surface area (Å²) in [4.78, 5) is 5.63. The molecule has 0 radical (unpaired) electrons. The van der Waals surface area contributed by atoms with Crippen molar-refractivity contribution in [3.63, 3.8) is 0 Å². The first kappa shape index (κ1) is 35.3. The van der Waals surface area contributed by atoms with E-state index >= 15 is 0 Å². The van der Waals surface area contributed by atoms with Crippen LogP contribution in [0.5, 0.6) is 0 Å². The van der Waals surface area contributed by atoms with Gasteiger partial charge in [0.2, 0.25) is 0 Å². The van der Waals surface area contributed by atoms with E-state index in [0.29, 0.717) is 0 Å². The largest absolute Gasteiger partial charge is 0.309 e. The first-order chi connectivity index (χ1) is 31.7. The fourth-order valence-corrected chi connectivity index (χ4v) is 11.4. The molecule has 2 heterocycles. The summed E-state index contributed by atoms with van der Waals surface area (Å²) < 4.78 is 2.39. The Kier molecular flexibility index (Phi) is 7.35. The van der Waals surface area contributed by atoms with Gasteiger partial charge in [0.25, 0.3) is 0 Å². The highest BCUT2D eigenvalue weighted by atomic mass is 15.0. The number of hydrogen-bond donors (Lipinski definition) is 0.